The number of hydrogen-bond acceptors (Lipinski definition) is 5. The van der Waals surface area contributed by atoms with E-state index in [-0.39, 0.29) is 22.9 Å². The molecule has 0 unspecified atom stereocenters. The van der Waals surface area contributed by atoms with E-state index in [9.17, 15) is 14.7 Å². The zero-order chi connectivity index (χ0) is 20.9. The van der Waals surface area contributed by atoms with Crippen LogP contribution in [0.2, 0.25) is 0 Å². The number of carboxylic acid groups (broad SMARTS) is 1. The molecular weight excluding hydrogens is 400 g/mol. The molecule has 1 amide bonds. The average molecular weight is 429 g/mol. The first-order chi connectivity index (χ1) is 14.6. The lowest BCUT2D eigenvalue weighted by Gasteiger charge is -2.32. The van der Waals surface area contributed by atoms with Gasteiger partial charge in [0.2, 0.25) is 0 Å². The van der Waals surface area contributed by atoms with Gasteiger partial charge in [0.15, 0.2) is 5.13 Å². The van der Waals surface area contributed by atoms with Crippen LogP contribution in [0.5, 0.6) is 5.75 Å². The maximum atomic E-state index is 13.4. The predicted molar refractivity (Wildman–Crippen MR) is 117 cm³/mol. The van der Waals surface area contributed by atoms with Gasteiger partial charge in [-0.15, -0.1) is 0 Å². The molecule has 2 saturated carbocycles. The monoisotopic (exact) mass is 428 g/mol. The Labute approximate surface area is 180 Å². The molecule has 0 spiro atoms. The van der Waals surface area contributed by atoms with Crippen LogP contribution >= 0.6 is 11.3 Å². The van der Waals surface area contributed by atoms with E-state index in [4.69, 9.17) is 4.74 Å². The molecule has 1 N–H and O–H groups in total. The van der Waals surface area contributed by atoms with Gasteiger partial charge in [0.05, 0.1) is 12.3 Å². The molecule has 6 nitrogen and oxygen atoms in total. The fourth-order valence-corrected chi connectivity index (χ4v) is 5.24. The molecule has 0 atom stereocenters. The Bertz CT molecular complexity index is 868. The molecule has 1 aromatic heterocycles. The third-order valence-corrected chi connectivity index (χ3v) is 7.01. The quantitative estimate of drug-likeness (QED) is 0.654. The normalized spacial score (nSPS) is 18.1. The van der Waals surface area contributed by atoms with E-state index in [1.165, 1.54) is 31.9 Å². The van der Waals surface area contributed by atoms with Crippen molar-refractivity contribution in [2.75, 3.05) is 4.90 Å². The van der Waals surface area contributed by atoms with Gasteiger partial charge < -0.3 is 9.84 Å². The summed E-state index contributed by atoms with van der Waals surface area (Å²) < 4.78 is 6.08. The minimum Gasteiger partial charge on any atom is -0.490 e. The topological polar surface area (TPSA) is 79.7 Å². The highest BCUT2D eigenvalue weighted by Gasteiger charge is 2.30. The second-order valence-electron chi connectivity index (χ2n) is 8.18. The summed E-state index contributed by atoms with van der Waals surface area (Å²) in [5.74, 6) is -0.346. The van der Waals surface area contributed by atoms with Crippen LogP contribution in [-0.2, 0) is 0 Å². The van der Waals surface area contributed by atoms with Crippen molar-refractivity contribution in [2.45, 2.75) is 76.4 Å². The second kappa shape index (κ2) is 9.60. The highest BCUT2D eigenvalue weighted by Crippen LogP contribution is 2.32. The Kier molecular flexibility index (Phi) is 6.67. The molecule has 0 bridgehead atoms. The van der Waals surface area contributed by atoms with E-state index in [0.29, 0.717) is 10.7 Å². The number of rotatable bonds is 6. The number of anilines is 1. The number of carbonyl (C=O) groups is 2. The number of hydrogen-bond donors (Lipinski definition) is 1. The van der Waals surface area contributed by atoms with Crippen molar-refractivity contribution in [3.8, 4) is 5.75 Å². The molecular formula is C23H28N2O4S. The van der Waals surface area contributed by atoms with E-state index < -0.39 is 5.97 Å². The average Bonchev–Trinajstić information content (AvgIpc) is 3.26. The summed E-state index contributed by atoms with van der Waals surface area (Å²) in [6, 6.07) is 7.40. The first kappa shape index (κ1) is 20.8. The number of carbonyl (C=O) groups excluding carboxylic acids is 1. The van der Waals surface area contributed by atoms with E-state index >= 15 is 0 Å². The lowest BCUT2D eigenvalue weighted by Crippen LogP contribution is -2.41. The van der Waals surface area contributed by atoms with Gasteiger partial charge in [-0.2, -0.15) is 0 Å². The van der Waals surface area contributed by atoms with Crippen LogP contribution in [0.15, 0.2) is 30.5 Å². The third-order valence-electron chi connectivity index (χ3n) is 6.03. The van der Waals surface area contributed by atoms with Crippen LogP contribution in [0.3, 0.4) is 0 Å². The highest BCUT2D eigenvalue weighted by atomic mass is 32.1. The second-order valence-corrected chi connectivity index (χ2v) is 9.19. The van der Waals surface area contributed by atoms with Crippen molar-refractivity contribution < 1.29 is 19.4 Å². The lowest BCUT2D eigenvalue weighted by atomic mass is 9.94. The van der Waals surface area contributed by atoms with Crippen molar-refractivity contribution in [3.05, 3.63) is 40.9 Å². The number of thiazole rings is 1. The zero-order valence-electron chi connectivity index (χ0n) is 17.1. The summed E-state index contributed by atoms with van der Waals surface area (Å²) in [5, 5.41) is 9.73. The Balaban J connectivity index is 1.53. The fraction of sp³-hybridized carbons (Fsp3) is 0.522. The van der Waals surface area contributed by atoms with Crippen molar-refractivity contribution in [1.29, 1.82) is 0 Å². The number of nitrogens with zero attached hydrogens (tertiary/aromatic N) is 2. The summed E-state index contributed by atoms with van der Waals surface area (Å²) in [7, 11) is 0. The molecule has 4 rings (SSSR count). The molecule has 2 aliphatic carbocycles. The van der Waals surface area contributed by atoms with E-state index in [1.807, 2.05) is 24.3 Å². The molecule has 2 aliphatic rings. The largest absolute Gasteiger partial charge is 0.490 e. The van der Waals surface area contributed by atoms with Crippen molar-refractivity contribution in [1.82, 2.24) is 4.98 Å². The first-order valence-corrected chi connectivity index (χ1v) is 11.7. The first-order valence-electron chi connectivity index (χ1n) is 10.9. The Morgan fingerprint density at radius 1 is 0.967 bits per heavy atom. The van der Waals surface area contributed by atoms with Crippen LogP contribution in [0.4, 0.5) is 5.13 Å². The van der Waals surface area contributed by atoms with Gasteiger partial charge in [-0.05, 0) is 62.8 Å². The predicted octanol–water partition coefficient (Wildman–Crippen LogP) is 5.53. The molecule has 1 heterocycles. The molecule has 30 heavy (non-hydrogen) atoms. The molecule has 0 saturated heterocycles. The summed E-state index contributed by atoms with van der Waals surface area (Å²) >= 11 is 1.06. The van der Waals surface area contributed by atoms with Gasteiger partial charge in [0.1, 0.15) is 10.6 Å². The fourth-order valence-electron chi connectivity index (χ4n) is 4.41. The molecule has 0 radical (unpaired) electrons. The summed E-state index contributed by atoms with van der Waals surface area (Å²) in [5.41, 5.74) is 0.573. The van der Waals surface area contributed by atoms with E-state index in [0.717, 1.165) is 55.6 Å². The van der Waals surface area contributed by atoms with Gasteiger partial charge in [-0.3, -0.25) is 9.69 Å². The third kappa shape index (κ3) is 4.83. The van der Waals surface area contributed by atoms with Crippen molar-refractivity contribution in [3.63, 3.8) is 0 Å². The van der Waals surface area contributed by atoms with Crippen LogP contribution < -0.4 is 9.64 Å². The molecule has 1 aromatic carbocycles. The maximum absolute atomic E-state index is 13.4. The number of amides is 1. The van der Waals surface area contributed by atoms with Crippen LogP contribution in [0, 0.1) is 0 Å². The maximum Gasteiger partial charge on any atom is 0.347 e. The van der Waals surface area contributed by atoms with Gasteiger partial charge in [-0.25, -0.2) is 9.78 Å². The minimum atomic E-state index is -1.01. The molecule has 7 heteroatoms. The molecule has 2 fully saturated rings. The summed E-state index contributed by atoms with van der Waals surface area (Å²) in [6.45, 7) is 0. The Hall–Kier alpha value is -2.41. The SMILES string of the molecule is O=C(O)c1cnc(N(C(=O)c2ccc(OC3CCCCC3)cc2)C2CCCCC2)s1. The Morgan fingerprint density at radius 2 is 1.60 bits per heavy atom. The van der Waals surface area contributed by atoms with E-state index in [2.05, 4.69) is 4.98 Å². The van der Waals surface area contributed by atoms with Gasteiger partial charge in [0, 0.05) is 11.6 Å². The number of benzene rings is 1. The number of ether oxygens (including phenoxy) is 1. The summed E-state index contributed by atoms with van der Waals surface area (Å²) in [6.07, 6.45) is 12.6. The minimum absolute atomic E-state index is 0.0530. The van der Waals surface area contributed by atoms with Gasteiger partial charge in [-0.1, -0.05) is 37.0 Å². The molecule has 2 aromatic rings. The van der Waals surface area contributed by atoms with Crippen LogP contribution in [-0.4, -0.2) is 34.1 Å². The van der Waals surface area contributed by atoms with Crippen molar-refractivity contribution >= 4 is 28.3 Å². The molecule has 0 aliphatic heterocycles. The molecule has 160 valence electrons. The van der Waals surface area contributed by atoms with E-state index in [1.54, 1.807) is 4.90 Å². The highest BCUT2D eigenvalue weighted by molar-refractivity contribution is 7.17. The van der Waals surface area contributed by atoms with Gasteiger partial charge >= 0.3 is 5.97 Å². The zero-order valence-corrected chi connectivity index (χ0v) is 17.9. The number of carboxylic acids is 1. The number of aromatic carboxylic acids is 1. The Morgan fingerprint density at radius 3 is 2.20 bits per heavy atom. The van der Waals surface area contributed by atoms with Crippen LogP contribution in [0.25, 0.3) is 0 Å². The van der Waals surface area contributed by atoms with Gasteiger partial charge in [0.25, 0.3) is 5.91 Å². The smallest absolute Gasteiger partial charge is 0.347 e. The van der Waals surface area contributed by atoms with Crippen molar-refractivity contribution in [2.24, 2.45) is 0 Å². The standard InChI is InChI=1S/C23H28N2O4S/c26-21(16-11-13-19(14-12-16)29-18-9-5-2-6-10-18)25(17-7-3-1-4-8-17)23-24-15-20(30-23)22(27)28/h11-15,17-18H,1-10H2,(H,27,28). The summed E-state index contributed by atoms with van der Waals surface area (Å²) in [4.78, 5) is 30.9. The van der Waals surface area contributed by atoms with Crippen LogP contribution in [0.1, 0.15) is 84.2 Å². The number of aromatic nitrogens is 1. The lowest BCUT2D eigenvalue weighted by molar-refractivity contribution is 0.0701.